The number of benzene rings is 3. The highest BCUT2D eigenvalue weighted by Gasteiger charge is 2.28. The standard InChI is InChI=1S/C33H44O/c1-4-5-6-7-8-9-10-11-12-13-20-27-21-14-15-22-28(27)29-23-16-17-24-30(29)33(2,3)31-25-18-19-26-32(31)34/h14-19,21-26,34H,4-13,20H2,1-3H3. The zero-order valence-electron chi connectivity index (χ0n) is 21.7. The number of rotatable bonds is 14. The average Bonchev–Trinajstić information content (AvgIpc) is 2.85. The fourth-order valence-electron chi connectivity index (χ4n) is 5.21. The summed E-state index contributed by atoms with van der Waals surface area (Å²) < 4.78 is 0. The van der Waals surface area contributed by atoms with Crippen LogP contribution in [0.3, 0.4) is 0 Å². The van der Waals surface area contributed by atoms with Gasteiger partial charge in [0.25, 0.3) is 0 Å². The van der Waals surface area contributed by atoms with Gasteiger partial charge in [-0.3, -0.25) is 0 Å². The summed E-state index contributed by atoms with van der Waals surface area (Å²) in [6, 6.07) is 25.4. The van der Waals surface area contributed by atoms with E-state index in [1.165, 1.54) is 86.5 Å². The summed E-state index contributed by atoms with van der Waals surface area (Å²) in [7, 11) is 0. The molecule has 182 valence electrons. The molecule has 3 aromatic carbocycles. The van der Waals surface area contributed by atoms with Crippen molar-refractivity contribution in [1.82, 2.24) is 0 Å². The molecule has 3 rings (SSSR count). The van der Waals surface area contributed by atoms with Gasteiger partial charge in [-0.25, -0.2) is 0 Å². The number of phenolic OH excluding ortho intramolecular Hbond substituents is 1. The molecule has 0 spiro atoms. The van der Waals surface area contributed by atoms with E-state index in [2.05, 4.69) is 69.3 Å². The second-order valence-corrected chi connectivity index (χ2v) is 10.3. The van der Waals surface area contributed by atoms with Crippen LogP contribution in [0.25, 0.3) is 11.1 Å². The molecule has 0 aliphatic carbocycles. The van der Waals surface area contributed by atoms with E-state index in [1.807, 2.05) is 18.2 Å². The lowest BCUT2D eigenvalue weighted by molar-refractivity contribution is 0.453. The van der Waals surface area contributed by atoms with E-state index in [-0.39, 0.29) is 5.41 Å². The average molecular weight is 457 g/mol. The Morgan fingerprint density at radius 2 is 1.06 bits per heavy atom. The maximum atomic E-state index is 10.6. The van der Waals surface area contributed by atoms with Crippen LogP contribution in [0.5, 0.6) is 5.75 Å². The van der Waals surface area contributed by atoms with Crippen LogP contribution >= 0.6 is 0 Å². The van der Waals surface area contributed by atoms with Gasteiger partial charge < -0.3 is 5.11 Å². The molecule has 1 heteroatoms. The van der Waals surface area contributed by atoms with E-state index in [9.17, 15) is 5.11 Å². The molecule has 0 radical (unpaired) electrons. The van der Waals surface area contributed by atoms with E-state index < -0.39 is 0 Å². The van der Waals surface area contributed by atoms with Crippen molar-refractivity contribution >= 4 is 0 Å². The molecule has 0 saturated carbocycles. The Morgan fingerprint density at radius 3 is 1.71 bits per heavy atom. The highest BCUT2D eigenvalue weighted by Crippen LogP contribution is 2.42. The fraction of sp³-hybridized carbons (Fsp3) is 0.455. The number of hydrogen-bond acceptors (Lipinski definition) is 1. The molecular formula is C33H44O. The predicted octanol–water partition coefficient (Wildman–Crippen LogP) is 9.85. The maximum absolute atomic E-state index is 10.6. The number of aromatic hydroxyl groups is 1. The van der Waals surface area contributed by atoms with Gasteiger partial charge in [0.1, 0.15) is 5.75 Å². The molecule has 0 fully saturated rings. The SMILES string of the molecule is CCCCCCCCCCCCc1ccccc1-c1ccccc1C(C)(C)c1ccccc1O. The van der Waals surface area contributed by atoms with Gasteiger partial charge in [0.15, 0.2) is 0 Å². The van der Waals surface area contributed by atoms with Gasteiger partial charge in [-0.15, -0.1) is 0 Å². The first-order valence-corrected chi connectivity index (χ1v) is 13.5. The third kappa shape index (κ3) is 6.98. The van der Waals surface area contributed by atoms with Crippen molar-refractivity contribution in [2.24, 2.45) is 0 Å². The van der Waals surface area contributed by atoms with Gasteiger partial charge >= 0.3 is 0 Å². The summed E-state index contributed by atoms with van der Waals surface area (Å²) in [6.45, 7) is 6.71. The van der Waals surface area contributed by atoms with Crippen molar-refractivity contribution in [2.45, 2.75) is 96.8 Å². The minimum Gasteiger partial charge on any atom is -0.508 e. The normalized spacial score (nSPS) is 11.6. The van der Waals surface area contributed by atoms with Crippen LogP contribution in [-0.4, -0.2) is 5.11 Å². The second-order valence-electron chi connectivity index (χ2n) is 10.3. The Morgan fingerprint density at radius 1 is 0.559 bits per heavy atom. The zero-order chi connectivity index (χ0) is 24.2. The molecule has 0 atom stereocenters. The Bertz CT molecular complexity index is 1000. The number of aryl methyl sites for hydroxylation is 1. The van der Waals surface area contributed by atoms with E-state index in [0.717, 1.165) is 12.0 Å². The van der Waals surface area contributed by atoms with Crippen LogP contribution in [0, 0.1) is 0 Å². The molecule has 3 aromatic rings. The van der Waals surface area contributed by atoms with Crippen LogP contribution in [0.1, 0.15) is 102 Å². The Hall–Kier alpha value is -2.54. The van der Waals surface area contributed by atoms with E-state index >= 15 is 0 Å². The largest absolute Gasteiger partial charge is 0.508 e. The molecule has 0 saturated heterocycles. The third-order valence-electron chi connectivity index (χ3n) is 7.29. The second kappa shape index (κ2) is 13.4. The number of phenols is 1. The Balaban J connectivity index is 1.67. The molecule has 0 unspecified atom stereocenters. The molecule has 0 aromatic heterocycles. The van der Waals surface area contributed by atoms with Crippen LogP contribution < -0.4 is 0 Å². The summed E-state index contributed by atoms with van der Waals surface area (Å²) in [5.74, 6) is 0.362. The molecule has 1 nitrogen and oxygen atoms in total. The lowest BCUT2D eigenvalue weighted by Gasteiger charge is -2.30. The lowest BCUT2D eigenvalue weighted by Crippen LogP contribution is -2.20. The zero-order valence-corrected chi connectivity index (χ0v) is 21.7. The molecule has 0 bridgehead atoms. The third-order valence-corrected chi connectivity index (χ3v) is 7.29. The minimum atomic E-state index is -0.299. The summed E-state index contributed by atoms with van der Waals surface area (Å²) in [4.78, 5) is 0. The van der Waals surface area contributed by atoms with E-state index in [4.69, 9.17) is 0 Å². The van der Waals surface area contributed by atoms with Crippen molar-refractivity contribution in [2.75, 3.05) is 0 Å². The maximum Gasteiger partial charge on any atom is 0.119 e. The number of para-hydroxylation sites is 1. The summed E-state index contributed by atoms with van der Waals surface area (Å²) >= 11 is 0. The Kier molecular flexibility index (Phi) is 10.3. The highest BCUT2D eigenvalue weighted by molar-refractivity contribution is 5.73. The van der Waals surface area contributed by atoms with Gasteiger partial charge in [-0.2, -0.15) is 0 Å². The number of hydrogen-bond donors (Lipinski definition) is 1. The van der Waals surface area contributed by atoms with Crippen molar-refractivity contribution in [3.63, 3.8) is 0 Å². The molecule has 0 aliphatic rings. The fourth-order valence-corrected chi connectivity index (χ4v) is 5.21. The molecule has 1 N–H and O–H groups in total. The highest BCUT2D eigenvalue weighted by atomic mass is 16.3. The van der Waals surface area contributed by atoms with Gasteiger partial charge in [0, 0.05) is 11.0 Å². The van der Waals surface area contributed by atoms with Crippen molar-refractivity contribution in [1.29, 1.82) is 0 Å². The Labute approximate surface area is 208 Å². The first-order chi connectivity index (χ1) is 16.6. The molecular weight excluding hydrogens is 412 g/mol. The van der Waals surface area contributed by atoms with Gasteiger partial charge in [-0.05, 0) is 41.2 Å². The summed E-state index contributed by atoms with van der Waals surface area (Å²) in [6.07, 6.45) is 14.8. The smallest absolute Gasteiger partial charge is 0.119 e. The van der Waals surface area contributed by atoms with Gasteiger partial charge in [0.05, 0.1) is 0 Å². The van der Waals surface area contributed by atoms with E-state index in [1.54, 1.807) is 6.07 Å². The first kappa shape index (κ1) is 26.1. The number of unbranched alkanes of at least 4 members (excludes halogenated alkanes) is 9. The van der Waals surface area contributed by atoms with Crippen LogP contribution in [0.4, 0.5) is 0 Å². The minimum absolute atomic E-state index is 0.299. The van der Waals surface area contributed by atoms with Crippen molar-refractivity contribution in [3.8, 4) is 16.9 Å². The van der Waals surface area contributed by atoms with Gasteiger partial charge in [0.2, 0.25) is 0 Å². The summed E-state index contributed by atoms with van der Waals surface area (Å²) in [5.41, 5.74) is 5.96. The topological polar surface area (TPSA) is 20.2 Å². The monoisotopic (exact) mass is 456 g/mol. The van der Waals surface area contributed by atoms with Gasteiger partial charge in [-0.1, -0.05) is 145 Å². The van der Waals surface area contributed by atoms with Crippen molar-refractivity contribution in [3.05, 3.63) is 89.5 Å². The first-order valence-electron chi connectivity index (χ1n) is 13.5. The molecule has 0 amide bonds. The molecule has 0 aliphatic heterocycles. The summed E-state index contributed by atoms with van der Waals surface area (Å²) in [5, 5.41) is 10.6. The van der Waals surface area contributed by atoms with Crippen LogP contribution in [-0.2, 0) is 11.8 Å². The van der Waals surface area contributed by atoms with Crippen LogP contribution in [0.2, 0.25) is 0 Å². The molecule has 34 heavy (non-hydrogen) atoms. The van der Waals surface area contributed by atoms with E-state index in [0.29, 0.717) is 5.75 Å². The lowest BCUT2D eigenvalue weighted by atomic mass is 9.74. The van der Waals surface area contributed by atoms with Crippen LogP contribution in [0.15, 0.2) is 72.8 Å². The van der Waals surface area contributed by atoms with Crippen molar-refractivity contribution < 1.29 is 5.11 Å². The predicted molar refractivity (Wildman–Crippen MR) is 148 cm³/mol. The molecule has 0 heterocycles. The quantitative estimate of drug-likeness (QED) is 0.239.